The van der Waals surface area contributed by atoms with Gasteiger partial charge in [-0.1, -0.05) is 12.7 Å². The Bertz CT molecular complexity index is 850. The first-order chi connectivity index (χ1) is 12.9. The molecule has 2 aliphatic rings. The minimum atomic E-state index is 0.261. The van der Waals surface area contributed by atoms with Gasteiger partial charge in [-0.05, 0) is 75.4 Å². The van der Waals surface area contributed by atoms with E-state index in [2.05, 4.69) is 11.5 Å². The van der Waals surface area contributed by atoms with Crippen molar-refractivity contribution in [1.29, 1.82) is 5.41 Å². The van der Waals surface area contributed by atoms with E-state index in [-0.39, 0.29) is 5.75 Å². The lowest BCUT2D eigenvalue weighted by Crippen LogP contribution is -2.35. The Balaban J connectivity index is 1.98. The molecule has 0 aliphatic carbocycles. The number of phenols is 1. The molecule has 27 heavy (non-hydrogen) atoms. The second-order valence-electron chi connectivity index (χ2n) is 7.21. The molecule has 1 fully saturated rings. The molecule has 1 atom stereocenters. The number of hydrogen-bond acceptors (Lipinski definition) is 4. The van der Waals surface area contributed by atoms with Crippen molar-refractivity contribution in [2.45, 2.75) is 46.1 Å². The van der Waals surface area contributed by atoms with E-state index in [1.54, 1.807) is 11.1 Å². The fourth-order valence-corrected chi connectivity index (χ4v) is 3.81. The van der Waals surface area contributed by atoms with Crippen molar-refractivity contribution in [1.82, 2.24) is 9.91 Å². The highest BCUT2D eigenvalue weighted by molar-refractivity contribution is 6.11. The van der Waals surface area contributed by atoms with Gasteiger partial charge in [0, 0.05) is 24.4 Å². The van der Waals surface area contributed by atoms with E-state index in [0.717, 1.165) is 53.9 Å². The van der Waals surface area contributed by atoms with Gasteiger partial charge in [-0.25, -0.2) is 5.01 Å². The van der Waals surface area contributed by atoms with Crippen LogP contribution in [-0.2, 0) is 6.42 Å². The molecule has 1 unspecified atom stereocenters. The fraction of sp³-hybridized carbons (Fsp3) is 0.364. The lowest BCUT2D eigenvalue weighted by atomic mass is 9.94. The summed E-state index contributed by atoms with van der Waals surface area (Å²) < 4.78 is 0. The standard InChI is InChI=1S/C22H28N4O/c1-5-10-26-16(3)15(2)12-22(24-26)21-9-8-20(27)14-18(21)13-19-7-6-11-25(19)17(4)23/h5,8-10,12,14,19,23,27H,3,6-7,11,13H2,1-2,4H3. The van der Waals surface area contributed by atoms with Crippen LogP contribution in [0.5, 0.6) is 5.75 Å². The van der Waals surface area contributed by atoms with Crippen LogP contribution in [-0.4, -0.2) is 39.1 Å². The lowest BCUT2D eigenvalue weighted by Gasteiger charge is -2.27. The molecule has 5 heteroatoms. The van der Waals surface area contributed by atoms with Crippen molar-refractivity contribution in [3.63, 3.8) is 0 Å². The summed E-state index contributed by atoms with van der Waals surface area (Å²) in [5.74, 6) is 0.872. The Morgan fingerprint density at radius 2 is 2.22 bits per heavy atom. The molecule has 2 heterocycles. The SMILES string of the molecule is C=C1C(C)=CC(c2ccc(O)cc2CC2CCCN2C(C)=N)=NN1C=CC. The van der Waals surface area contributed by atoms with Gasteiger partial charge in [-0.2, -0.15) is 5.10 Å². The van der Waals surface area contributed by atoms with Crippen molar-refractivity contribution >= 4 is 11.5 Å². The number of phenolic OH excluding ortho intramolecular Hbond substituents is 1. The van der Waals surface area contributed by atoms with Gasteiger partial charge in [0.05, 0.1) is 17.2 Å². The number of nitrogens with one attached hydrogen (secondary N) is 1. The van der Waals surface area contributed by atoms with Crippen LogP contribution in [0.25, 0.3) is 0 Å². The number of likely N-dealkylation sites (tertiary alicyclic amines) is 1. The van der Waals surface area contributed by atoms with E-state index >= 15 is 0 Å². The normalized spacial score (nSPS) is 20.3. The van der Waals surface area contributed by atoms with Gasteiger partial charge < -0.3 is 10.0 Å². The maximum Gasteiger partial charge on any atom is 0.115 e. The number of nitrogens with zero attached hydrogens (tertiary/aromatic N) is 3. The van der Waals surface area contributed by atoms with E-state index in [4.69, 9.17) is 10.5 Å². The molecule has 0 saturated carbocycles. The quantitative estimate of drug-likeness (QED) is 0.614. The van der Waals surface area contributed by atoms with E-state index in [0.29, 0.717) is 11.9 Å². The van der Waals surface area contributed by atoms with Gasteiger partial charge in [-0.15, -0.1) is 0 Å². The molecule has 5 nitrogen and oxygen atoms in total. The molecule has 2 N–H and O–H groups in total. The van der Waals surface area contributed by atoms with Crippen LogP contribution in [0.2, 0.25) is 0 Å². The Labute approximate surface area is 161 Å². The van der Waals surface area contributed by atoms with Crippen LogP contribution >= 0.6 is 0 Å². The fourth-order valence-electron chi connectivity index (χ4n) is 3.81. The third-order valence-electron chi connectivity index (χ3n) is 5.22. The summed E-state index contributed by atoms with van der Waals surface area (Å²) in [4.78, 5) is 2.16. The minimum absolute atomic E-state index is 0.261. The number of aromatic hydroxyl groups is 1. The zero-order chi connectivity index (χ0) is 19.6. The predicted molar refractivity (Wildman–Crippen MR) is 111 cm³/mol. The van der Waals surface area contributed by atoms with Gasteiger partial charge in [0.1, 0.15) is 5.75 Å². The summed E-state index contributed by atoms with van der Waals surface area (Å²) in [6, 6.07) is 5.77. The van der Waals surface area contributed by atoms with Crippen molar-refractivity contribution in [2.24, 2.45) is 5.10 Å². The van der Waals surface area contributed by atoms with Gasteiger partial charge in [0.25, 0.3) is 0 Å². The van der Waals surface area contributed by atoms with Crippen LogP contribution in [0, 0.1) is 5.41 Å². The summed E-state index contributed by atoms with van der Waals surface area (Å²) in [5, 5.41) is 24.6. The largest absolute Gasteiger partial charge is 0.508 e. The van der Waals surface area contributed by atoms with Crippen LogP contribution in [0.15, 0.2) is 59.5 Å². The number of hydrogen-bond donors (Lipinski definition) is 2. The molecule has 3 rings (SSSR count). The molecule has 0 aromatic heterocycles. The highest BCUT2D eigenvalue weighted by Crippen LogP contribution is 2.28. The van der Waals surface area contributed by atoms with Crippen LogP contribution in [0.4, 0.5) is 0 Å². The number of rotatable bonds is 4. The zero-order valence-electron chi connectivity index (χ0n) is 16.4. The Kier molecular flexibility index (Phi) is 5.49. The first-order valence-electron chi connectivity index (χ1n) is 9.43. The number of allylic oxidation sites excluding steroid dienone is 3. The van der Waals surface area contributed by atoms with E-state index in [9.17, 15) is 5.11 Å². The van der Waals surface area contributed by atoms with Crippen LogP contribution in [0.1, 0.15) is 44.7 Å². The molecule has 2 aliphatic heterocycles. The summed E-state index contributed by atoms with van der Waals surface area (Å²) >= 11 is 0. The smallest absolute Gasteiger partial charge is 0.115 e. The molecule has 0 bridgehead atoms. The molecule has 0 radical (unpaired) electrons. The number of amidine groups is 1. The average Bonchev–Trinajstić information content (AvgIpc) is 3.07. The highest BCUT2D eigenvalue weighted by atomic mass is 16.3. The first-order valence-corrected chi connectivity index (χ1v) is 9.43. The second kappa shape index (κ2) is 7.82. The Morgan fingerprint density at radius 1 is 1.44 bits per heavy atom. The highest BCUT2D eigenvalue weighted by Gasteiger charge is 2.27. The van der Waals surface area contributed by atoms with Crippen LogP contribution < -0.4 is 0 Å². The molecular formula is C22H28N4O. The maximum atomic E-state index is 10.1. The number of hydrazone groups is 1. The van der Waals surface area contributed by atoms with Gasteiger partial charge in [0.15, 0.2) is 0 Å². The van der Waals surface area contributed by atoms with Crippen molar-refractivity contribution in [3.05, 3.63) is 65.5 Å². The zero-order valence-corrected chi connectivity index (χ0v) is 16.4. The van der Waals surface area contributed by atoms with Crippen LogP contribution in [0.3, 0.4) is 0 Å². The Hall–Kier alpha value is -2.82. The molecule has 1 saturated heterocycles. The summed E-state index contributed by atoms with van der Waals surface area (Å²) in [7, 11) is 0. The van der Waals surface area contributed by atoms with Crippen molar-refractivity contribution < 1.29 is 5.11 Å². The second-order valence-corrected chi connectivity index (χ2v) is 7.21. The summed E-state index contributed by atoms with van der Waals surface area (Å²) in [6.45, 7) is 10.9. The van der Waals surface area contributed by atoms with Gasteiger partial charge in [0.2, 0.25) is 0 Å². The predicted octanol–water partition coefficient (Wildman–Crippen LogP) is 4.41. The molecule has 1 aromatic rings. The summed E-state index contributed by atoms with van der Waals surface area (Å²) in [5.41, 5.74) is 4.87. The van der Waals surface area contributed by atoms with Crippen molar-refractivity contribution in [3.8, 4) is 5.75 Å². The van der Waals surface area contributed by atoms with Gasteiger partial charge in [-0.3, -0.25) is 5.41 Å². The molecular weight excluding hydrogens is 336 g/mol. The summed E-state index contributed by atoms with van der Waals surface area (Å²) in [6.07, 6.45) is 8.84. The van der Waals surface area contributed by atoms with E-state index < -0.39 is 0 Å². The van der Waals surface area contributed by atoms with E-state index in [1.165, 1.54) is 0 Å². The minimum Gasteiger partial charge on any atom is -0.508 e. The Morgan fingerprint density at radius 3 is 2.93 bits per heavy atom. The topological polar surface area (TPSA) is 62.9 Å². The first kappa shape index (κ1) is 19.0. The third-order valence-corrected chi connectivity index (χ3v) is 5.22. The van der Waals surface area contributed by atoms with Gasteiger partial charge >= 0.3 is 0 Å². The van der Waals surface area contributed by atoms with E-state index in [1.807, 2.05) is 51.3 Å². The van der Waals surface area contributed by atoms with Crippen molar-refractivity contribution in [2.75, 3.05) is 6.54 Å². The number of benzene rings is 1. The third kappa shape index (κ3) is 3.97. The molecule has 0 spiro atoms. The maximum absolute atomic E-state index is 10.1. The average molecular weight is 364 g/mol. The molecule has 142 valence electrons. The molecule has 1 aromatic carbocycles. The molecule has 0 amide bonds. The lowest BCUT2D eigenvalue weighted by molar-refractivity contribution is 0.381. The monoisotopic (exact) mass is 364 g/mol.